The van der Waals surface area contributed by atoms with Gasteiger partial charge in [-0.25, -0.2) is 4.98 Å². The Balaban J connectivity index is 1.48. The molecule has 6 heteroatoms. The molecule has 0 bridgehead atoms. The quantitative estimate of drug-likeness (QED) is 0.716. The fraction of sp³-hybridized carbons (Fsp3) is 0.368. The van der Waals surface area contributed by atoms with Crippen LogP contribution in [0.1, 0.15) is 23.9 Å². The van der Waals surface area contributed by atoms with Crippen molar-refractivity contribution in [1.82, 2.24) is 14.8 Å². The highest BCUT2D eigenvalue weighted by Gasteiger charge is 2.24. The Kier molecular flexibility index (Phi) is 4.55. The van der Waals surface area contributed by atoms with Gasteiger partial charge in [-0.15, -0.1) is 11.3 Å². The van der Waals surface area contributed by atoms with Gasteiger partial charge in [-0.2, -0.15) is 0 Å². The number of fused-ring (bicyclic) bond motifs is 1. The van der Waals surface area contributed by atoms with Gasteiger partial charge in [-0.1, -0.05) is 19.1 Å². The lowest BCUT2D eigenvalue weighted by atomic mass is 10.2. The average Bonchev–Trinajstić information content (AvgIpc) is 3.29. The van der Waals surface area contributed by atoms with Gasteiger partial charge in [0.1, 0.15) is 0 Å². The van der Waals surface area contributed by atoms with E-state index in [4.69, 9.17) is 4.42 Å². The van der Waals surface area contributed by atoms with Gasteiger partial charge < -0.3 is 9.32 Å². The first-order valence-electron chi connectivity index (χ1n) is 8.72. The minimum absolute atomic E-state index is 0.0245. The number of amides is 1. The number of piperazine rings is 1. The summed E-state index contributed by atoms with van der Waals surface area (Å²) < 4.78 is 6.95. The Hall–Kier alpha value is -2.18. The monoisotopic (exact) mass is 355 g/mol. The second kappa shape index (κ2) is 6.98. The van der Waals surface area contributed by atoms with E-state index in [1.807, 2.05) is 35.2 Å². The fourth-order valence-corrected chi connectivity index (χ4v) is 4.12. The van der Waals surface area contributed by atoms with Crippen molar-refractivity contribution < 1.29 is 9.21 Å². The van der Waals surface area contributed by atoms with Gasteiger partial charge in [-0.3, -0.25) is 9.69 Å². The summed E-state index contributed by atoms with van der Waals surface area (Å²) in [4.78, 5) is 21.6. The van der Waals surface area contributed by atoms with Crippen molar-refractivity contribution in [3.8, 4) is 10.8 Å². The van der Waals surface area contributed by atoms with E-state index in [2.05, 4.69) is 16.8 Å². The van der Waals surface area contributed by atoms with Crippen LogP contribution in [-0.4, -0.2) is 53.4 Å². The molecule has 1 aromatic carbocycles. The van der Waals surface area contributed by atoms with Crippen LogP contribution >= 0.6 is 11.3 Å². The number of furan rings is 1. The summed E-state index contributed by atoms with van der Waals surface area (Å²) in [5.41, 5.74) is 0.957. The van der Waals surface area contributed by atoms with Crippen molar-refractivity contribution in [2.45, 2.75) is 13.3 Å². The van der Waals surface area contributed by atoms with Gasteiger partial charge in [0.05, 0.1) is 10.2 Å². The lowest BCUT2D eigenvalue weighted by Crippen LogP contribution is -2.48. The Morgan fingerprint density at radius 3 is 2.72 bits per heavy atom. The Morgan fingerprint density at radius 2 is 1.96 bits per heavy atom. The zero-order valence-corrected chi connectivity index (χ0v) is 15.1. The van der Waals surface area contributed by atoms with Crippen LogP contribution in [0.3, 0.4) is 0 Å². The van der Waals surface area contributed by atoms with E-state index in [1.54, 1.807) is 17.4 Å². The van der Waals surface area contributed by atoms with Gasteiger partial charge in [0.2, 0.25) is 0 Å². The van der Waals surface area contributed by atoms with Crippen molar-refractivity contribution in [2.75, 3.05) is 32.7 Å². The van der Waals surface area contributed by atoms with Crippen LogP contribution in [0.25, 0.3) is 21.0 Å². The number of carbonyl (C=O) groups excluding carboxylic acids is 1. The first kappa shape index (κ1) is 16.3. The topological polar surface area (TPSA) is 49.6 Å². The van der Waals surface area contributed by atoms with Gasteiger partial charge in [0, 0.05) is 26.2 Å². The molecular weight excluding hydrogens is 334 g/mol. The van der Waals surface area contributed by atoms with Crippen LogP contribution in [0.5, 0.6) is 0 Å². The van der Waals surface area contributed by atoms with Crippen molar-refractivity contribution in [1.29, 1.82) is 0 Å². The molecule has 25 heavy (non-hydrogen) atoms. The van der Waals surface area contributed by atoms with Gasteiger partial charge in [0.15, 0.2) is 16.5 Å². The first-order valence-corrected chi connectivity index (χ1v) is 9.53. The summed E-state index contributed by atoms with van der Waals surface area (Å²) in [6.45, 7) is 6.68. The number of carbonyl (C=O) groups is 1. The molecule has 1 aliphatic rings. The van der Waals surface area contributed by atoms with Crippen molar-refractivity contribution in [3.63, 3.8) is 0 Å². The maximum Gasteiger partial charge on any atom is 0.289 e. The maximum atomic E-state index is 12.7. The highest BCUT2D eigenvalue weighted by atomic mass is 32.1. The van der Waals surface area contributed by atoms with E-state index >= 15 is 0 Å². The van der Waals surface area contributed by atoms with E-state index in [9.17, 15) is 4.79 Å². The smallest absolute Gasteiger partial charge is 0.289 e. The number of para-hydroxylation sites is 1. The number of rotatable bonds is 4. The minimum Gasteiger partial charge on any atom is -0.448 e. The van der Waals surface area contributed by atoms with Crippen LogP contribution < -0.4 is 0 Å². The number of thiazole rings is 1. The predicted octanol–water partition coefficient (Wildman–Crippen LogP) is 3.72. The third-order valence-electron chi connectivity index (χ3n) is 4.52. The average molecular weight is 355 g/mol. The molecule has 0 aliphatic carbocycles. The molecule has 0 saturated carbocycles. The lowest BCUT2D eigenvalue weighted by molar-refractivity contribution is 0.0607. The molecular formula is C19H21N3O2S. The molecule has 1 aliphatic heterocycles. The van der Waals surface area contributed by atoms with E-state index < -0.39 is 0 Å². The molecule has 0 unspecified atom stereocenters. The third-order valence-corrected chi connectivity index (χ3v) is 5.57. The summed E-state index contributed by atoms with van der Waals surface area (Å²) in [7, 11) is 0. The second-order valence-corrected chi connectivity index (χ2v) is 7.32. The third kappa shape index (κ3) is 3.32. The van der Waals surface area contributed by atoms with Crippen LogP contribution in [0.2, 0.25) is 0 Å². The summed E-state index contributed by atoms with van der Waals surface area (Å²) in [5, 5.41) is 0.813. The molecule has 0 N–H and O–H groups in total. The fourth-order valence-electron chi connectivity index (χ4n) is 3.19. The molecule has 1 fully saturated rings. The molecule has 130 valence electrons. The summed E-state index contributed by atoms with van der Waals surface area (Å²) in [6.07, 6.45) is 1.15. The maximum absolute atomic E-state index is 12.7. The molecule has 0 atom stereocenters. The molecule has 3 heterocycles. The van der Waals surface area contributed by atoms with Gasteiger partial charge >= 0.3 is 0 Å². The normalized spacial score (nSPS) is 15.8. The highest BCUT2D eigenvalue weighted by Crippen LogP contribution is 2.31. The molecule has 0 spiro atoms. The van der Waals surface area contributed by atoms with E-state index in [-0.39, 0.29) is 5.91 Å². The Labute approximate surface area is 150 Å². The van der Waals surface area contributed by atoms with Crippen molar-refractivity contribution in [2.24, 2.45) is 0 Å². The van der Waals surface area contributed by atoms with Crippen LogP contribution in [0.4, 0.5) is 0 Å². The number of hydrogen-bond acceptors (Lipinski definition) is 5. The predicted molar refractivity (Wildman–Crippen MR) is 100.0 cm³/mol. The second-order valence-electron chi connectivity index (χ2n) is 6.28. The zero-order valence-electron chi connectivity index (χ0n) is 14.3. The Bertz CT molecular complexity index is 845. The minimum atomic E-state index is -0.0245. The zero-order chi connectivity index (χ0) is 17.2. The lowest BCUT2D eigenvalue weighted by Gasteiger charge is -2.34. The van der Waals surface area contributed by atoms with E-state index in [0.29, 0.717) is 11.5 Å². The van der Waals surface area contributed by atoms with E-state index in [0.717, 1.165) is 54.4 Å². The summed E-state index contributed by atoms with van der Waals surface area (Å²) in [6, 6.07) is 11.6. The highest BCUT2D eigenvalue weighted by molar-refractivity contribution is 7.21. The number of hydrogen-bond donors (Lipinski definition) is 0. The van der Waals surface area contributed by atoms with Crippen molar-refractivity contribution >= 4 is 27.5 Å². The molecule has 1 saturated heterocycles. The van der Waals surface area contributed by atoms with Crippen LogP contribution in [0, 0.1) is 0 Å². The summed E-state index contributed by atoms with van der Waals surface area (Å²) in [5.74, 6) is 1.04. The molecule has 4 rings (SSSR count). The number of benzene rings is 1. The molecule has 1 amide bonds. The largest absolute Gasteiger partial charge is 0.448 e. The molecule has 2 aromatic heterocycles. The van der Waals surface area contributed by atoms with Crippen molar-refractivity contribution in [3.05, 3.63) is 42.2 Å². The summed E-state index contributed by atoms with van der Waals surface area (Å²) >= 11 is 1.58. The molecule has 3 aromatic rings. The van der Waals surface area contributed by atoms with Gasteiger partial charge in [-0.05, 0) is 37.2 Å². The van der Waals surface area contributed by atoms with Gasteiger partial charge in [0.25, 0.3) is 5.91 Å². The van der Waals surface area contributed by atoms with Crippen LogP contribution in [-0.2, 0) is 0 Å². The Morgan fingerprint density at radius 1 is 1.16 bits per heavy atom. The number of aromatic nitrogens is 1. The molecule has 5 nitrogen and oxygen atoms in total. The SMILES string of the molecule is CCCN1CCN(C(=O)c2ccc(-c3nc4ccccc4s3)o2)CC1. The first-order chi connectivity index (χ1) is 12.2. The van der Waals surface area contributed by atoms with Crippen LogP contribution in [0.15, 0.2) is 40.8 Å². The van der Waals surface area contributed by atoms with E-state index in [1.165, 1.54) is 0 Å². The number of nitrogens with zero attached hydrogens (tertiary/aromatic N) is 3. The standard InChI is InChI=1S/C19H21N3O2S/c1-2-9-21-10-12-22(13-11-21)19(23)16-8-7-15(24-16)18-20-14-5-3-4-6-17(14)25-18/h3-8H,2,9-13H2,1H3. The molecule has 0 radical (unpaired) electrons.